The molecule has 1 aromatic heterocycles. The highest BCUT2D eigenvalue weighted by Gasteiger charge is 2.14. The van der Waals surface area contributed by atoms with Crippen LogP contribution in [0.1, 0.15) is 36.4 Å². The molecule has 2 N–H and O–H groups in total. The maximum atomic E-state index is 13.3. The van der Waals surface area contributed by atoms with Gasteiger partial charge in [0.15, 0.2) is 5.96 Å². The molecule has 1 atom stereocenters. The number of aryl methyl sites for hydroxylation is 2. The Morgan fingerprint density at radius 2 is 2.12 bits per heavy atom. The smallest absolute Gasteiger partial charge is 0.191 e. The minimum absolute atomic E-state index is 0.117. The predicted octanol–water partition coefficient (Wildman–Crippen LogP) is 3.52. The van der Waals surface area contributed by atoms with E-state index in [1.807, 2.05) is 25.6 Å². The summed E-state index contributed by atoms with van der Waals surface area (Å²) in [6, 6.07) is 4.85. The van der Waals surface area contributed by atoms with Crippen LogP contribution in [0.2, 0.25) is 5.02 Å². The summed E-state index contributed by atoms with van der Waals surface area (Å²) in [4.78, 5) is 4.58. The second-order valence-corrected chi connectivity index (χ2v) is 6.87. The lowest BCUT2D eigenvalue weighted by molar-refractivity contribution is 0.627. The molecule has 2 rings (SSSR count). The Hall–Kier alpha value is -2.08. The number of nitrogens with one attached hydrogen (secondary N) is 2. The number of aromatic nitrogens is 2. The van der Waals surface area contributed by atoms with Crippen molar-refractivity contribution in [2.75, 3.05) is 6.54 Å². The average Bonchev–Trinajstić information content (AvgIpc) is 2.82. The van der Waals surface area contributed by atoms with Crippen LogP contribution in [0.4, 0.5) is 4.39 Å². The zero-order valence-electron chi connectivity index (χ0n) is 16.0. The summed E-state index contributed by atoms with van der Waals surface area (Å²) in [7, 11) is 1.96. The van der Waals surface area contributed by atoms with Crippen molar-refractivity contribution in [3.05, 3.63) is 51.6 Å². The summed E-state index contributed by atoms with van der Waals surface area (Å²) in [5, 5.41) is 11.2. The summed E-state index contributed by atoms with van der Waals surface area (Å²) in [6.07, 6.45) is 0.859. The van der Waals surface area contributed by atoms with Crippen LogP contribution in [-0.4, -0.2) is 28.3 Å². The Labute approximate surface area is 159 Å². The lowest BCUT2D eigenvalue weighted by Gasteiger charge is -2.18. The van der Waals surface area contributed by atoms with E-state index in [1.54, 1.807) is 12.1 Å². The molecular formula is C19H27ClFN5. The number of nitrogens with zero attached hydrogens (tertiary/aromatic N) is 3. The van der Waals surface area contributed by atoms with Gasteiger partial charge >= 0.3 is 0 Å². The van der Waals surface area contributed by atoms with Crippen molar-refractivity contribution in [2.24, 2.45) is 12.0 Å². The van der Waals surface area contributed by atoms with E-state index >= 15 is 0 Å². The molecule has 0 aliphatic heterocycles. The number of aliphatic imine (C=N–C) groups is 1. The SMILES string of the molecule is CCNC(=NCc1ccc(F)c(Cl)c1)NC(C)Cc1c(C)nn(C)c1C. The second kappa shape index (κ2) is 9.03. The van der Waals surface area contributed by atoms with E-state index < -0.39 is 5.82 Å². The van der Waals surface area contributed by atoms with Gasteiger partial charge in [-0.25, -0.2) is 9.38 Å². The van der Waals surface area contributed by atoms with E-state index in [4.69, 9.17) is 11.6 Å². The number of benzene rings is 1. The van der Waals surface area contributed by atoms with Gasteiger partial charge in [-0.2, -0.15) is 5.10 Å². The van der Waals surface area contributed by atoms with Crippen LogP contribution < -0.4 is 10.6 Å². The summed E-state index contributed by atoms with van der Waals surface area (Å²) in [5.41, 5.74) is 4.36. The van der Waals surface area contributed by atoms with Gasteiger partial charge in [0.05, 0.1) is 17.3 Å². The molecule has 2 aromatic rings. The van der Waals surface area contributed by atoms with Gasteiger partial charge in [0.1, 0.15) is 5.82 Å². The van der Waals surface area contributed by atoms with Crippen molar-refractivity contribution >= 4 is 17.6 Å². The molecule has 0 aliphatic rings. The zero-order chi connectivity index (χ0) is 19.3. The van der Waals surface area contributed by atoms with E-state index in [9.17, 15) is 4.39 Å². The standard InChI is InChI=1S/C19H27ClFN5/c1-6-22-19(23-11-15-7-8-18(21)17(20)10-15)24-12(2)9-16-13(3)25-26(5)14(16)4/h7-8,10,12H,6,9,11H2,1-5H3,(H2,22,23,24). The van der Waals surface area contributed by atoms with Crippen LogP contribution >= 0.6 is 11.6 Å². The Balaban J connectivity index is 2.05. The number of halogens is 2. The van der Waals surface area contributed by atoms with Crippen LogP contribution in [0.15, 0.2) is 23.2 Å². The molecule has 26 heavy (non-hydrogen) atoms. The Morgan fingerprint density at radius 3 is 2.69 bits per heavy atom. The molecule has 1 unspecified atom stereocenters. The number of hydrogen-bond donors (Lipinski definition) is 2. The quantitative estimate of drug-likeness (QED) is 0.596. The van der Waals surface area contributed by atoms with E-state index in [-0.39, 0.29) is 11.1 Å². The maximum Gasteiger partial charge on any atom is 0.191 e. The minimum atomic E-state index is -0.416. The monoisotopic (exact) mass is 379 g/mol. The molecule has 0 saturated heterocycles. The van der Waals surface area contributed by atoms with Gasteiger partial charge in [0.25, 0.3) is 0 Å². The molecule has 0 spiro atoms. The van der Waals surface area contributed by atoms with Crippen molar-refractivity contribution in [3.8, 4) is 0 Å². The van der Waals surface area contributed by atoms with Crippen molar-refractivity contribution in [1.82, 2.24) is 20.4 Å². The maximum absolute atomic E-state index is 13.3. The summed E-state index contributed by atoms with van der Waals surface area (Å²) >= 11 is 5.83. The first-order valence-electron chi connectivity index (χ1n) is 8.79. The van der Waals surface area contributed by atoms with Crippen LogP contribution in [0.3, 0.4) is 0 Å². The van der Waals surface area contributed by atoms with Crippen LogP contribution in [0.5, 0.6) is 0 Å². The molecule has 142 valence electrons. The van der Waals surface area contributed by atoms with Gasteiger partial charge in [-0.1, -0.05) is 17.7 Å². The fourth-order valence-corrected chi connectivity index (χ4v) is 3.03. The average molecular weight is 380 g/mol. The molecule has 0 amide bonds. The molecule has 1 aromatic carbocycles. The molecular weight excluding hydrogens is 353 g/mol. The van der Waals surface area contributed by atoms with Crippen molar-refractivity contribution in [2.45, 2.75) is 46.7 Å². The normalized spacial score (nSPS) is 13.0. The Morgan fingerprint density at radius 1 is 1.38 bits per heavy atom. The van der Waals surface area contributed by atoms with Gasteiger partial charge in [0, 0.05) is 25.3 Å². The minimum Gasteiger partial charge on any atom is -0.357 e. The largest absolute Gasteiger partial charge is 0.357 e. The molecule has 7 heteroatoms. The first-order chi connectivity index (χ1) is 12.3. The topological polar surface area (TPSA) is 54.2 Å². The van der Waals surface area contributed by atoms with Crippen molar-refractivity contribution in [3.63, 3.8) is 0 Å². The zero-order valence-corrected chi connectivity index (χ0v) is 16.8. The fraction of sp³-hybridized carbons (Fsp3) is 0.474. The van der Waals surface area contributed by atoms with E-state index in [1.165, 1.54) is 17.3 Å². The Bertz CT molecular complexity index is 784. The first kappa shape index (κ1) is 20.2. The first-order valence-corrected chi connectivity index (χ1v) is 9.17. The van der Waals surface area contributed by atoms with Gasteiger partial charge in [-0.15, -0.1) is 0 Å². The number of hydrogen-bond acceptors (Lipinski definition) is 2. The molecule has 0 saturated carbocycles. The van der Waals surface area contributed by atoms with Crippen LogP contribution in [-0.2, 0) is 20.0 Å². The van der Waals surface area contributed by atoms with Gasteiger partial charge < -0.3 is 10.6 Å². The van der Waals surface area contributed by atoms with E-state index in [0.717, 1.165) is 30.2 Å². The lowest BCUT2D eigenvalue weighted by Crippen LogP contribution is -2.43. The van der Waals surface area contributed by atoms with E-state index in [2.05, 4.69) is 34.6 Å². The van der Waals surface area contributed by atoms with Gasteiger partial charge in [-0.3, -0.25) is 4.68 Å². The molecule has 0 radical (unpaired) electrons. The van der Waals surface area contributed by atoms with E-state index in [0.29, 0.717) is 6.54 Å². The third-order valence-electron chi connectivity index (χ3n) is 4.30. The predicted molar refractivity (Wildman–Crippen MR) is 105 cm³/mol. The number of rotatable bonds is 6. The molecule has 0 fully saturated rings. The number of guanidine groups is 1. The second-order valence-electron chi connectivity index (χ2n) is 6.47. The summed E-state index contributed by atoms with van der Waals surface area (Å²) in [5.74, 6) is 0.305. The Kier molecular flexibility index (Phi) is 7.03. The van der Waals surface area contributed by atoms with Crippen molar-refractivity contribution < 1.29 is 4.39 Å². The third kappa shape index (κ3) is 5.21. The molecule has 1 heterocycles. The van der Waals surface area contributed by atoms with Gasteiger partial charge in [-0.05, 0) is 57.4 Å². The highest BCUT2D eigenvalue weighted by molar-refractivity contribution is 6.30. The highest BCUT2D eigenvalue weighted by atomic mass is 35.5. The molecule has 5 nitrogen and oxygen atoms in total. The molecule has 0 bridgehead atoms. The third-order valence-corrected chi connectivity index (χ3v) is 4.59. The summed E-state index contributed by atoms with van der Waals surface area (Å²) < 4.78 is 15.2. The fourth-order valence-electron chi connectivity index (χ4n) is 2.83. The summed E-state index contributed by atoms with van der Waals surface area (Å²) in [6.45, 7) is 9.44. The van der Waals surface area contributed by atoms with Crippen molar-refractivity contribution in [1.29, 1.82) is 0 Å². The van der Waals surface area contributed by atoms with Gasteiger partial charge in [0.2, 0.25) is 0 Å². The van der Waals surface area contributed by atoms with Crippen LogP contribution in [0, 0.1) is 19.7 Å². The highest BCUT2D eigenvalue weighted by Crippen LogP contribution is 2.17. The van der Waals surface area contributed by atoms with Crippen LogP contribution in [0.25, 0.3) is 0 Å². The molecule has 0 aliphatic carbocycles. The lowest BCUT2D eigenvalue weighted by atomic mass is 10.1.